The molecule has 110 valence electrons. The smallest absolute Gasteiger partial charge is 0.257 e. The van der Waals surface area contributed by atoms with Gasteiger partial charge in [-0.3, -0.25) is 4.79 Å². The lowest BCUT2D eigenvalue weighted by Crippen LogP contribution is -2.14. The highest BCUT2D eigenvalue weighted by Gasteiger charge is 2.12. The van der Waals surface area contributed by atoms with Gasteiger partial charge in [-0.05, 0) is 41.1 Å². The predicted octanol–water partition coefficient (Wildman–Crippen LogP) is 3.81. The zero-order valence-electron chi connectivity index (χ0n) is 11.1. The Hall–Kier alpha value is -2.02. The summed E-state index contributed by atoms with van der Waals surface area (Å²) < 4.78 is 26.8. The van der Waals surface area contributed by atoms with Gasteiger partial charge in [0.05, 0.1) is 15.7 Å². The van der Waals surface area contributed by atoms with E-state index in [0.717, 1.165) is 0 Å². The summed E-state index contributed by atoms with van der Waals surface area (Å²) in [5, 5.41) is 5.37. The Kier molecular flexibility index (Phi) is 4.85. The zero-order valence-corrected chi connectivity index (χ0v) is 12.7. The fourth-order valence-electron chi connectivity index (χ4n) is 1.63. The summed E-state index contributed by atoms with van der Waals surface area (Å²) in [6.07, 6.45) is 1.38. The molecule has 0 saturated carbocycles. The van der Waals surface area contributed by atoms with E-state index >= 15 is 0 Å². The van der Waals surface area contributed by atoms with Crippen molar-refractivity contribution < 1.29 is 13.6 Å². The summed E-state index contributed by atoms with van der Waals surface area (Å²) in [7, 11) is 0. The first-order chi connectivity index (χ1) is 10.0. The van der Waals surface area contributed by atoms with Gasteiger partial charge >= 0.3 is 0 Å². The van der Waals surface area contributed by atoms with Crippen LogP contribution in [0.2, 0.25) is 0 Å². The predicted molar refractivity (Wildman–Crippen MR) is 80.4 cm³/mol. The molecule has 0 unspecified atom stereocenters. The van der Waals surface area contributed by atoms with Gasteiger partial charge < -0.3 is 10.6 Å². The quantitative estimate of drug-likeness (QED) is 0.820. The van der Waals surface area contributed by atoms with Gasteiger partial charge in [0, 0.05) is 18.8 Å². The van der Waals surface area contributed by atoms with Crippen LogP contribution in [0.25, 0.3) is 0 Å². The van der Waals surface area contributed by atoms with E-state index in [0.29, 0.717) is 18.4 Å². The van der Waals surface area contributed by atoms with Crippen molar-refractivity contribution in [2.45, 2.75) is 6.92 Å². The topological polar surface area (TPSA) is 54.0 Å². The van der Waals surface area contributed by atoms with Crippen LogP contribution in [0.4, 0.5) is 20.3 Å². The highest BCUT2D eigenvalue weighted by Crippen LogP contribution is 2.24. The fraction of sp³-hybridized carbons (Fsp3) is 0.143. The molecule has 1 aromatic heterocycles. The maximum absolute atomic E-state index is 13.6. The molecule has 0 saturated heterocycles. The molecule has 1 heterocycles. The van der Waals surface area contributed by atoms with Crippen LogP contribution in [0.15, 0.2) is 34.9 Å². The van der Waals surface area contributed by atoms with Crippen molar-refractivity contribution in [3.05, 3.63) is 52.1 Å². The number of hydrogen-bond donors (Lipinski definition) is 2. The molecule has 0 spiro atoms. The Morgan fingerprint density at radius 3 is 2.67 bits per heavy atom. The molecule has 2 N–H and O–H groups in total. The van der Waals surface area contributed by atoms with Crippen molar-refractivity contribution in [3.8, 4) is 0 Å². The van der Waals surface area contributed by atoms with Crippen molar-refractivity contribution in [2.75, 3.05) is 17.2 Å². The van der Waals surface area contributed by atoms with Gasteiger partial charge in [0.1, 0.15) is 17.5 Å². The van der Waals surface area contributed by atoms with Crippen molar-refractivity contribution in [2.24, 2.45) is 0 Å². The van der Waals surface area contributed by atoms with Crippen molar-refractivity contribution in [1.29, 1.82) is 0 Å². The minimum Gasteiger partial charge on any atom is -0.370 e. The third-order valence-corrected chi connectivity index (χ3v) is 3.25. The van der Waals surface area contributed by atoms with Gasteiger partial charge in [0.25, 0.3) is 5.91 Å². The number of halogens is 3. The number of nitrogens with zero attached hydrogens (tertiary/aromatic N) is 1. The van der Waals surface area contributed by atoms with E-state index in [1.165, 1.54) is 12.3 Å². The first-order valence-corrected chi connectivity index (χ1v) is 6.96. The zero-order chi connectivity index (χ0) is 15.4. The van der Waals surface area contributed by atoms with E-state index in [1.54, 1.807) is 12.1 Å². The van der Waals surface area contributed by atoms with Crippen molar-refractivity contribution in [3.63, 3.8) is 0 Å². The normalized spacial score (nSPS) is 10.3. The number of carbonyl (C=O) groups is 1. The first kappa shape index (κ1) is 15.4. The Morgan fingerprint density at radius 1 is 1.29 bits per heavy atom. The minimum atomic E-state index is -0.846. The molecule has 7 heteroatoms. The molecule has 0 fully saturated rings. The van der Waals surface area contributed by atoms with Crippen LogP contribution in [-0.4, -0.2) is 17.4 Å². The van der Waals surface area contributed by atoms with E-state index in [-0.39, 0.29) is 15.7 Å². The number of benzene rings is 1. The molecule has 4 nitrogen and oxygen atoms in total. The Balaban J connectivity index is 2.16. The monoisotopic (exact) mass is 355 g/mol. The second-order valence-corrected chi connectivity index (χ2v) is 5.02. The summed E-state index contributed by atoms with van der Waals surface area (Å²) >= 11 is 2.94. The summed E-state index contributed by atoms with van der Waals surface area (Å²) in [4.78, 5) is 16.0. The van der Waals surface area contributed by atoms with Crippen LogP contribution in [-0.2, 0) is 0 Å². The molecule has 0 atom stereocenters. The molecule has 21 heavy (non-hydrogen) atoms. The first-order valence-electron chi connectivity index (χ1n) is 6.17. The molecule has 0 bridgehead atoms. The SMILES string of the molecule is CCNc1ccc(C(=O)Nc2cc(Br)c(F)cc2F)cn1. The minimum absolute atomic E-state index is 0.0693. The lowest BCUT2D eigenvalue weighted by atomic mass is 10.2. The van der Waals surface area contributed by atoms with Gasteiger partial charge in [-0.25, -0.2) is 13.8 Å². The molecular weight excluding hydrogens is 344 g/mol. The molecule has 0 aliphatic carbocycles. The molecule has 1 amide bonds. The number of anilines is 2. The van der Waals surface area contributed by atoms with E-state index < -0.39 is 17.5 Å². The van der Waals surface area contributed by atoms with Crippen LogP contribution in [0.5, 0.6) is 0 Å². The van der Waals surface area contributed by atoms with Crippen LogP contribution in [0, 0.1) is 11.6 Å². The molecule has 0 aliphatic rings. The Bertz CT molecular complexity index is 662. The average molecular weight is 356 g/mol. The van der Waals surface area contributed by atoms with Gasteiger partial charge in [-0.15, -0.1) is 0 Å². The van der Waals surface area contributed by atoms with E-state index in [9.17, 15) is 13.6 Å². The summed E-state index contributed by atoms with van der Waals surface area (Å²) in [6, 6.07) is 5.08. The van der Waals surface area contributed by atoms with E-state index in [1.807, 2.05) is 6.92 Å². The third kappa shape index (κ3) is 3.75. The number of aromatic nitrogens is 1. The summed E-state index contributed by atoms with van der Waals surface area (Å²) in [5.74, 6) is -1.46. The van der Waals surface area contributed by atoms with E-state index in [2.05, 4.69) is 31.5 Å². The lowest BCUT2D eigenvalue weighted by molar-refractivity contribution is 0.102. The third-order valence-electron chi connectivity index (χ3n) is 2.64. The number of pyridine rings is 1. The molecule has 2 aromatic rings. The number of hydrogen-bond acceptors (Lipinski definition) is 3. The van der Waals surface area contributed by atoms with Crippen molar-refractivity contribution >= 4 is 33.3 Å². The largest absolute Gasteiger partial charge is 0.370 e. The maximum Gasteiger partial charge on any atom is 0.257 e. The standard InChI is InChI=1S/C14H12BrF2N3O/c1-2-18-13-4-3-8(7-19-13)14(21)20-12-5-9(15)10(16)6-11(12)17/h3-7H,2H2,1H3,(H,18,19)(H,20,21). The van der Waals surface area contributed by atoms with Gasteiger partial charge in [-0.2, -0.15) is 0 Å². The fourth-order valence-corrected chi connectivity index (χ4v) is 1.97. The average Bonchev–Trinajstić information content (AvgIpc) is 2.46. The number of nitrogens with one attached hydrogen (secondary N) is 2. The van der Waals surface area contributed by atoms with E-state index in [4.69, 9.17) is 0 Å². The molecule has 0 radical (unpaired) electrons. The summed E-state index contributed by atoms with van der Waals surface area (Å²) in [5.41, 5.74) is 0.167. The summed E-state index contributed by atoms with van der Waals surface area (Å²) in [6.45, 7) is 2.64. The van der Waals surface area contributed by atoms with Gasteiger partial charge in [0.2, 0.25) is 0 Å². The maximum atomic E-state index is 13.6. The Morgan fingerprint density at radius 2 is 2.05 bits per heavy atom. The number of rotatable bonds is 4. The van der Waals surface area contributed by atoms with Crippen LogP contribution >= 0.6 is 15.9 Å². The second kappa shape index (κ2) is 6.62. The molecule has 0 aliphatic heterocycles. The van der Waals surface area contributed by atoms with Crippen LogP contribution in [0.3, 0.4) is 0 Å². The van der Waals surface area contributed by atoms with Gasteiger partial charge in [-0.1, -0.05) is 0 Å². The molecular formula is C14H12BrF2N3O. The molecule has 2 rings (SSSR count). The highest BCUT2D eigenvalue weighted by atomic mass is 79.9. The number of carbonyl (C=O) groups excluding carboxylic acids is 1. The van der Waals surface area contributed by atoms with Crippen LogP contribution in [0.1, 0.15) is 17.3 Å². The van der Waals surface area contributed by atoms with Crippen molar-refractivity contribution in [1.82, 2.24) is 4.98 Å². The van der Waals surface area contributed by atoms with Crippen LogP contribution < -0.4 is 10.6 Å². The number of amides is 1. The lowest BCUT2D eigenvalue weighted by Gasteiger charge is -2.08. The second-order valence-electron chi connectivity index (χ2n) is 4.16. The van der Waals surface area contributed by atoms with Gasteiger partial charge in [0.15, 0.2) is 0 Å². The molecule has 1 aromatic carbocycles. The Labute approximate surface area is 128 Å². The highest BCUT2D eigenvalue weighted by molar-refractivity contribution is 9.10.